The summed E-state index contributed by atoms with van der Waals surface area (Å²) in [7, 11) is 1.46. The van der Waals surface area contributed by atoms with Crippen LogP contribution in [0.2, 0.25) is 0 Å². The van der Waals surface area contributed by atoms with Gasteiger partial charge >= 0.3 is 0 Å². The van der Waals surface area contributed by atoms with Gasteiger partial charge in [-0.3, -0.25) is 0 Å². The Balaban J connectivity index is 2.08. The number of halogens is 2. The molecule has 0 aromatic heterocycles. The first-order valence-electron chi connectivity index (χ1n) is 6.44. The molecule has 0 aliphatic heterocycles. The topological polar surface area (TPSA) is 38.7 Å². The van der Waals surface area contributed by atoms with Crippen LogP contribution in [0.15, 0.2) is 36.4 Å². The Labute approximate surface area is 121 Å². The van der Waals surface area contributed by atoms with Gasteiger partial charge in [0.15, 0.2) is 0 Å². The van der Waals surface area contributed by atoms with Crippen molar-refractivity contribution >= 4 is 0 Å². The number of hydrogen-bond acceptors (Lipinski definition) is 3. The van der Waals surface area contributed by atoms with Crippen LogP contribution in [0.1, 0.15) is 24.2 Å². The molecule has 0 aliphatic rings. The molecule has 0 unspecified atom stereocenters. The molecule has 0 saturated heterocycles. The molecule has 3 nitrogen and oxygen atoms in total. The number of methoxy groups -OCH3 is 1. The molecule has 0 radical (unpaired) electrons. The Kier molecular flexibility index (Phi) is 4.75. The zero-order valence-electron chi connectivity index (χ0n) is 11.8. The monoisotopic (exact) mass is 294 g/mol. The molecule has 1 atom stereocenters. The summed E-state index contributed by atoms with van der Waals surface area (Å²) < 4.78 is 37.7. The van der Waals surface area contributed by atoms with E-state index >= 15 is 0 Å². The van der Waals surface area contributed by atoms with Crippen molar-refractivity contribution in [3.05, 3.63) is 59.2 Å². The van der Waals surface area contributed by atoms with Gasteiger partial charge in [-0.1, -0.05) is 0 Å². The first kappa shape index (κ1) is 15.3. The van der Waals surface area contributed by atoms with E-state index < -0.39 is 17.7 Å². The van der Waals surface area contributed by atoms with Crippen LogP contribution in [0.4, 0.5) is 8.78 Å². The Morgan fingerprint density at radius 2 is 1.71 bits per heavy atom. The van der Waals surface area contributed by atoms with E-state index in [2.05, 4.69) is 0 Å². The summed E-state index contributed by atoms with van der Waals surface area (Å²) >= 11 is 0. The number of aliphatic hydroxyl groups excluding tert-OH is 1. The summed E-state index contributed by atoms with van der Waals surface area (Å²) in [6, 6.07) is 8.58. The maximum atomic E-state index is 13.7. The van der Waals surface area contributed by atoms with Crippen LogP contribution < -0.4 is 9.47 Å². The van der Waals surface area contributed by atoms with E-state index in [1.807, 2.05) is 0 Å². The smallest absolute Gasteiger partial charge is 0.133 e. The molecule has 0 fully saturated rings. The van der Waals surface area contributed by atoms with Gasteiger partial charge < -0.3 is 14.6 Å². The van der Waals surface area contributed by atoms with Crippen LogP contribution in [0.5, 0.6) is 11.5 Å². The minimum atomic E-state index is -0.891. The van der Waals surface area contributed by atoms with Gasteiger partial charge in [-0.2, -0.15) is 0 Å². The molecule has 0 aliphatic carbocycles. The molecule has 0 amide bonds. The Morgan fingerprint density at radius 1 is 1.05 bits per heavy atom. The number of benzene rings is 2. The first-order chi connectivity index (χ1) is 10.0. The molecule has 5 heteroatoms. The van der Waals surface area contributed by atoms with E-state index in [1.54, 1.807) is 12.1 Å². The van der Waals surface area contributed by atoms with E-state index in [4.69, 9.17) is 9.47 Å². The number of aliphatic hydroxyl groups is 1. The zero-order chi connectivity index (χ0) is 15.4. The van der Waals surface area contributed by atoms with Crippen molar-refractivity contribution in [2.24, 2.45) is 0 Å². The molecule has 2 aromatic rings. The molecule has 0 saturated carbocycles. The largest absolute Gasteiger partial charge is 0.497 e. The van der Waals surface area contributed by atoms with Crippen molar-refractivity contribution in [2.45, 2.75) is 19.6 Å². The highest BCUT2D eigenvalue weighted by atomic mass is 19.1. The Morgan fingerprint density at radius 3 is 2.29 bits per heavy atom. The summed E-state index contributed by atoms with van der Waals surface area (Å²) in [6.45, 7) is 1.45. The number of ether oxygens (including phenoxy) is 2. The van der Waals surface area contributed by atoms with Crippen LogP contribution in [-0.4, -0.2) is 12.2 Å². The maximum absolute atomic E-state index is 13.7. The highest BCUT2D eigenvalue weighted by molar-refractivity contribution is 5.31. The predicted molar refractivity (Wildman–Crippen MR) is 74.3 cm³/mol. The van der Waals surface area contributed by atoms with Gasteiger partial charge in [0.1, 0.15) is 29.7 Å². The average Bonchev–Trinajstić information content (AvgIpc) is 2.45. The third-order valence-corrected chi connectivity index (χ3v) is 3.08. The maximum Gasteiger partial charge on any atom is 0.133 e. The quantitative estimate of drug-likeness (QED) is 0.915. The van der Waals surface area contributed by atoms with Crippen LogP contribution in [-0.2, 0) is 6.61 Å². The average molecular weight is 294 g/mol. The summed E-state index contributed by atoms with van der Waals surface area (Å²) in [5.41, 5.74) is 0.536. The normalized spacial score (nSPS) is 12.0. The van der Waals surface area contributed by atoms with E-state index in [-0.39, 0.29) is 17.9 Å². The minimum Gasteiger partial charge on any atom is -0.497 e. The standard InChI is InChI=1S/C16H16F2O3/c1-10(19)14-6-5-13(8-16(14)18)21-9-11-3-4-12(20-2)7-15(11)17/h3-8,10,19H,9H2,1-2H3/t10-/m0/s1. The Bertz CT molecular complexity index is 627. The van der Waals surface area contributed by atoms with Gasteiger partial charge in [-0.15, -0.1) is 0 Å². The molecule has 2 aromatic carbocycles. The van der Waals surface area contributed by atoms with Gasteiger partial charge in [0, 0.05) is 23.3 Å². The lowest BCUT2D eigenvalue weighted by Gasteiger charge is -2.11. The second-order valence-electron chi connectivity index (χ2n) is 4.61. The summed E-state index contributed by atoms with van der Waals surface area (Å²) in [5, 5.41) is 9.35. The molecular formula is C16H16F2O3. The van der Waals surface area contributed by atoms with Crippen LogP contribution in [0.3, 0.4) is 0 Å². The lowest BCUT2D eigenvalue weighted by atomic mass is 10.1. The molecular weight excluding hydrogens is 278 g/mol. The van der Waals surface area contributed by atoms with Crippen molar-refractivity contribution in [2.75, 3.05) is 7.11 Å². The summed E-state index contributed by atoms with van der Waals surface area (Å²) in [5.74, 6) is -0.316. The molecule has 112 valence electrons. The third-order valence-electron chi connectivity index (χ3n) is 3.08. The third kappa shape index (κ3) is 3.70. The van der Waals surface area contributed by atoms with Gasteiger partial charge in [0.25, 0.3) is 0 Å². The molecule has 0 spiro atoms. The van der Waals surface area contributed by atoms with Crippen molar-refractivity contribution in [1.29, 1.82) is 0 Å². The zero-order valence-corrected chi connectivity index (χ0v) is 11.8. The minimum absolute atomic E-state index is 0.0245. The van der Waals surface area contributed by atoms with E-state index in [0.717, 1.165) is 0 Å². The van der Waals surface area contributed by atoms with Crippen molar-refractivity contribution in [1.82, 2.24) is 0 Å². The molecule has 21 heavy (non-hydrogen) atoms. The van der Waals surface area contributed by atoms with E-state index in [0.29, 0.717) is 11.3 Å². The fourth-order valence-corrected chi connectivity index (χ4v) is 1.87. The first-order valence-corrected chi connectivity index (χ1v) is 6.44. The van der Waals surface area contributed by atoms with Crippen LogP contribution in [0, 0.1) is 11.6 Å². The van der Waals surface area contributed by atoms with Crippen LogP contribution in [0.25, 0.3) is 0 Å². The summed E-state index contributed by atoms with van der Waals surface area (Å²) in [6.07, 6.45) is -0.891. The fourth-order valence-electron chi connectivity index (χ4n) is 1.87. The molecule has 0 bridgehead atoms. The highest BCUT2D eigenvalue weighted by Crippen LogP contribution is 2.23. The number of rotatable bonds is 5. The van der Waals surface area contributed by atoms with E-state index in [1.165, 1.54) is 38.3 Å². The second kappa shape index (κ2) is 6.54. The number of hydrogen-bond donors (Lipinski definition) is 1. The highest BCUT2D eigenvalue weighted by Gasteiger charge is 2.10. The van der Waals surface area contributed by atoms with Gasteiger partial charge in [0.05, 0.1) is 13.2 Å². The predicted octanol–water partition coefficient (Wildman–Crippen LogP) is 3.61. The van der Waals surface area contributed by atoms with Gasteiger partial charge in [0.2, 0.25) is 0 Å². The van der Waals surface area contributed by atoms with E-state index in [9.17, 15) is 13.9 Å². The van der Waals surface area contributed by atoms with Crippen molar-refractivity contribution < 1.29 is 23.4 Å². The fraction of sp³-hybridized carbons (Fsp3) is 0.250. The van der Waals surface area contributed by atoms with Gasteiger partial charge in [-0.25, -0.2) is 8.78 Å². The molecule has 1 N–H and O–H groups in total. The van der Waals surface area contributed by atoms with Gasteiger partial charge in [-0.05, 0) is 31.2 Å². The Hall–Kier alpha value is -2.14. The molecule has 2 rings (SSSR count). The van der Waals surface area contributed by atoms with Crippen LogP contribution >= 0.6 is 0 Å². The molecule has 0 heterocycles. The second-order valence-corrected chi connectivity index (χ2v) is 4.61. The SMILES string of the molecule is COc1ccc(COc2ccc([C@H](C)O)c(F)c2)c(F)c1. The summed E-state index contributed by atoms with van der Waals surface area (Å²) in [4.78, 5) is 0. The lowest BCUT2D eigenvalue weighted by Crippen LogP contribution is -2.01. The van der Waals surface area contributed by atoms with Crippen molar-refractivity contribution in [3.63, 3.8) is 0 Å². The van der Waals surface area contributed by atoms with Crippen molar-refractivity contribution in [3.8, 4) is 11.5 Å². The lowest BCUT2D eigenvalue weighted by molar-refractivity contribution is 0.194.